The van der Waals surface area contributed by atoms with Crippen LogP contribution in [0.25, 0.3) is 0 Å². The highest BCUT2D eigenvalue weighted by molar-refractivity contribution is 5.74. The Morgan fingerprint density at radius 1 is 1.20 bits per heavy atom. The molecule has 0 bridgehead atoms. The maximum absolute atomic E-state index is 12.0. The maximum Gasteiger partial charge on any atom is 0.317 e. The number of amides is 2. The molecule has 2 rings (SSSR count). The third kappa shape index (κ3) is 4.53. The van der Waals surface area contributed by atoms with Crippen molar-refractivity contribution < 1.29 is 4.79 Å². The molecule has 1 aliphatic heterocycles. The van der Waals surface area contributed by atoms with Gasteiger partial charge in [0.1, 0.15) is 0 Å². The molecular weight excluding hydrogens is 250 g/mol. The molecule has 0 atom stereocenters. The summed E-state index contributed by atoms with van der Waals surface area (Å²) in [6.07, 6.45) is 1.10. The molecule has 0 spiro atoms. The van der Waals surface area contributed by atoms with Crippen molar-refractivity contribution in [3.63, 3.8) is 0 Å². The van der Waals surface area contributed by atoms with Crippen LogP contribution in [0.2, 0.25) is 0 Å². The summed E-state index contributed by atoms with van der Waals surface area (Å²) in [5, 5.41) is 6.23. The number of hydrogen-bond donors (Lipinski definition) is 2. The summed E-state index contributed by atoms with van der Waals surface area (Å²) in [6.45, 7) is 8.40. The van der Waals surface area contributed by atoms with Gasteiger partial charge in [-0.2, -0.15) is 0 Å². The molecule has 4 nitrogen and oxygen atoms in total. The zero-order valence-corrected chi connectivity index (χ0v) is 12.5. The number of piperazine rings is 1. The first-order chi connectivity index (χ1) is 9.65. The summed E-state index contributed by atoms with van der Waals surface area (Å²) >= 11 is 0. The minimum atomic E-state index is 0.0396. The molecule has 0 unspecified atom stereocenters. The lowest BCUT2D eigenvalue weighted by atomic mass is 10.0. The van der Waals surface area contributed by atoms with E-state index in [0.29, 0.717) is 12.5 Å². The van der Waals surface area contributed by atoms with Crippen LogP contribution in [0.1, 0.15) is 25.0 Å². The summed E-state index contributed by atoms with van der Waals surface area (Å²) in [6, 6.07) is 8.57. The van der Waals surface area contributed by atoms with Crippen molar-refractivity contribution in [1.82, 2.24) is 15.5 Å². The van der Waals surface area contributed by atoms with Crippen molar-refractivity contribution in [2.75, 3.05) is 26.2 Å². The van der Waals surface area contributed by atoms with Crippen LogP contribution in [0, 0.1) is 5.92 Å². The van der Waals surface area contributed by atoms with Gasteiger partial charge in [-0.1, -0.05) is 38.1 Å². The van der Waals surface area contributed by atoms with Crippen molar-refractivity contribution in [3.8, 4) is 0 Å². The predicted octanol–water partition coefficient (Wildman–Crippen LogP) is 2.00. The van der Waals surface area contributed by atoms with E-state index in [1.165, 1.54) is 5.56 Å². The Morgan fingerprint density at radius 3 is 2.40 bits per heavy atom. The molecule has 110 valence electrons. The van der Waals surface area contributed by atoms with Crippen LogP contribution in [0.4, 0.5) is 4.79 Å². The van der Waals surface area contributed by atoms with E-state index < -0.39 is 0 Å². The summed E-state index contributed by atoms with van der Waals surface area (Å²) in [4.78, 5) is 13.8. The number of urea groups is 1. The first kappa shape index (κ1) is 14.9. The van der Waals surface area contributed by atoms with Gasteiger partial charge in [0.15, 0.2) is 0 Å². The lowest BCUT2D eigenvalue weighted by Crippen LogP contribution is -2.50. The van der Waals surface area contributed by atoms with E-state index in [1.807, 2.05) is 4.90 Å². The predicted molar refractivity (Wildman–Crippen MR) is 81.7 cm³/mol. The van der Waals surface area contributed by atoms with Gasteiger partial charge in [0, 0.05) is 32.7 Å². The third-order valence-corrected chi connectivity index (χ3v) is 3.51. The standard InChI is InChI=1S/C16H25N3O/c1-13(2)11-14-3-5-15(6-4-14)12-18-16(20)19-9-7-17-8-10-19/h3-6,13,17H,7-12H2,1-2H3,(H,18,20). The van der Waals surface area contributed by atoms with Gasteiger partial charge in [-0.05, 0) is 23.5 Å². The molecule has 2 N–H and O–H groups in total. The smallest absolute Gasteiger partial charge is 0.317 e. The molecule has 1 aromatic rings. The molecule has 1 heterocycles. The van der Waals surface area contributed by atoms with Crippen molar-refractivity contribution in [2.45, 2.75) is 26.8 Å². The Kier molecular flexibility index (Phi) is 5.41. The van der Waals surface area contributed by atoms with Crippen molar-refractivity contribution >= 4 is 6.03 Å². The number of nitrogens with one attached hydrogen (secondary N) is 2. The van der Waals surface area contributed by atoms with Crippen molar-refractivity contribution in [1.29, 1.82) is 0 Å². The average Bonchev–Trinajstić information content (AvgIpc) is 2.46. The summed E-state index contributed by atoms with van der Waals surface area (Å²) < 4.78 is 0. The summed E-state index contributed by atoms with van der Waals surface area (Å²) in [7, 11) is 0. The van der Waals surface area contributed by atoms with E-state index in [1.54, 1.807) is 0 Å². The normalized spacial score (nSPS) is 15.4. The van der Waals surface area contributed by atoms with Crippen LogP contribution in [0.15, 0.2) is 24.3 Å². The number of carbonyl (C=O) groups is 1. The van der Waals surface area contributed by atoms with Gasteiger partial charge in [0.05, 0.1) is 0 Å². The van der Waals surface area contributed by atoms with Gasteiger partial charge in [0.25, 0.3) is 0 Å². The molecule has 1 aromatic carbocycles. The zero-order valence-electron chi connectivity index (χ0n) is 12.5. The van der Waals surface area contributed by atoms with Crippen molar-refractivity contribution in [3.05, 3.63) is 35.4 Å². The topological polar surface area (TPSA) is 44.4 Å². The van der Waals surface area contributed by atoms with Gasteiger partial charge in [0.2, 0.25) is 0 Å². The lowest BCUT2D eigenvalue weighted by Gasteiger charge is -2.27. The Balaban J connectivity index is 1.79. The summed E-state index contributed by atoms with van der Waals surface area (Å²) in [5.41, 5.74) is 2.51. The van der Waals surface area contributed by atoms with Gasteiger partial charge >= 0.3 is 6.03 Å². The third-order valence-electron chi connectivity index (χ3n) is 3.51. The van der Waals surface area contributed by atoms with Crippen LogP contribution >= 0.6 is 0 Å². The van der Waals surface area contributed by atoms with E-state index in [4.69, 9.17) is 0 Å². The fraction of sp³-hybridized carbons (Fsp3) is 0.562. The maximum atomic E-state index is 12.0. The minimum Gasteiger partial charge on any atom is -0.334 e. The highest BCUT2D eigenvalue weighted by Gasteiger charge is 2.15. The molecule has 20 heavy (non-hydrogen) atoms. The highest BCUT2D eigenvalue weighted by Crippen LogP contribution is 2.09. The summed E-state index contributed by atoms with van der Waals surface area (Å²) in [5.74, 6) is 0.674. The van der Waals surface area contributed by atoms with Gasteiger partial charge in [-0.15, -0.1) is 0 Å². The second-order valence-corrected chi connectivity index (χ2v) is 5.81. The Morgan fingerprint density at radius 2 is 1.80 bits per heavy atom. The first-order valence-corrected chi connectivity index (χ1v) is 7.46. The number of carbonyl (C=O) groups excluding carboxylic acids is 1. The number of rotatable bonds is 4. The zero-order chi connectivity index (χ0) is 14.4. The molecule has 4 heteroatoms. The number of benzene rings is 1. The quantitative estimate of drug-likeness (QED) is 0.883. The van der Waals surface area contributed by atoms with Gasteiger partial charge in [-0.25, -0.2) is 4.79 Å². The molecule has 0 radical (unpaired) electrons. The lowest BCUT2D eigenvalue weighted by molar-refractivity contribution is 0.190. The van der Waals surface area contributed by atoms with E-state index in [9.17, 15) is 4.79 Å². The fourth-order valence-electron chi connectivity index (χ4n) is 2.42. The molecule has 0 aliphatic carbocycles. The minimum absolute atomic E-state index is 0.0396. The molecular formula is C16H25N3O. The Hall–Kier alpha value is -1.55. The first-order valence-electron chi connectivity index (χ1n) is 7.46. The largest absolute Gasteiger partial charge is 0.334 e. The Labute approximate surface area is 121 Å². The molecule has 1 saturated heterocycles. The van der Waals surface area contributed by atoms with Crippen molar-refractivity contribution in [2.24, 2.45) is 5.92 Å². The second kappa shape index (κ2) is 7.29. The van der Waals surface area contributed by atoms with Gasteiger partial charge < -0.3 is 15.5 Å². The van der Waals surface area contributed by atoms with Crippen LogP contribution in [0.3, 0.4) is 0 Å². The van der Waals surface area contributed by atoms with E-state index in [2.05, 4.69) is 48.7 Å². The molecule has 0 saturated carbocycles. The van der Waals surface area contributed by atoms with E-state index in [-0.39, 0.29) is 6.03 Å². The second-order valence-electron chi connectivity index (χ2n) is 5.81. The van der Waals surface area contributed by atoms with Crippen LogP contribution < -0.4 is 10.6 Å². The van der Waals surface area contributed by atoms with Crippen LogP contribution in [-0.2, 0) is 13.0 Å². The number of nitrogens with zero attached hydrogens (tertiary/aromatic N) is 1. The van der Waals surface area contributed by atoms with E-state index >= 15 is 0 Å². The molecule has 1 aliphatic rings. The average molecular weight is 275 g/mol. The SMILES string of the molecule is CC(C)Cc1ccc(CNC(=O)N2CCNCC2)cc1. The molecule has 0 aromatic heterocycles. The Bertz CT molecular complexity index is 422. The van der Waals surface area contributed by atoms with E-state index in [0.717, 1.165) is 38.2 Å². The molecule has 1 fully saturated rings. The van der Waals surface area contributed by atoms with Gasteiger partial charge in [-0.3, -0.25) is 0 Å². The van der Waals surface area contributed by atoms with Crippen LogP contribution in [0.5, 0.6) is 0 Å². The fourth-order valence-corrected chi connectivity index (χ4v) is 2.42. The number of hydrogen-bond acceptors (Lipinski definition) is 2. The monoisotopic (exact) mass is 275 g/mol. The highest BCUT2D eigenvalue weighted by atomic mass is 16.2. The molecule has 2 amide bonds. The van der Waals surface area contributed by atoms with Crippen LogP contribution in [-0.4, -0.2) is 37.1 Å².